The third-order valence-electron chi connectivity index (χ3n) is 4.54. The zero-order chi connectivity index (χ0) is 25.7. The Morgan fingerprint density at radius 1 is 1.17 bits per heavy atom. The lowest BCUT2D eigenvalue weighted by Gasteiger charge is -2.15. The molecule has 1 heterocycles. The number of hydrogen-bond acceptors (Lipinski definition) is 7. The fraction of sp³-hybridized carbons (Fsp3) is 0.292. The van der Waals surface area contributed by atoms with Crippen molar-refractivity contribution in [2.24, 2.45) is 0 Å². The number of imide groups is 1. The number of rotatable bonds is 9. The Morgan fingerprint density at radius 2 is 1.91 bits per heavy atom. The van der Waals surface area contributed by atoms with Gasteiger partial charge in [0.25, 0.3) is 11.1 Å². The summed E-state index contributed by atoms with van der Waals surface area (Å²) in [6.07, 6.45) is 1.22. The summed E-state index contributed by atoms with van der Waals surface area (Å²) < 4.78 is 17.3. The second-order valence-electron chi connectivity index (χ2n) is 7.59. The molecule has 2 amide bonds. The number of hydrogen-bond donors (Lipinski definition) is 0. The number of thioether (sulfide) groups is 1. The van der Waals surface area contributed by atoms with Crippen LogP contribution in [-0.2, 0) is 20.9 Å². The number of amides is 2. The van der Waals surface area contributed by atoms with Crippen molar-refractivity contribution in [1.29, 1.82) is 0 Å². The highest BCUT2D eigenvalue weighted by atomic mass is 79.9. The van der Waals surface area contributed by atoms with E-state index in [0.717, 1.165) is 22.2 Å². The van der Waals surface area contributed by atoms with Crippen molar-refractivity contribution in [1.82, 2.24) is 4.90 Å². The minimum atomic E-state index is -0.646. The second-order valence-corrected chi connectivity index (χ2v) is 10.3. The van der Waals surface area contributed by atoms with Crippen molar-refractivity contribution < 1.29 is 28.6 Å². The number of carbonyl (C=O) groups is 3. The quantitative estimate of drug-likeness (QED) is 0.233. The second kappa shape index (κ2) is 12.2. The molecule has 0 aromatic heterocycles. The molecule has 11 heteroatoms. The van der Waals surface area contributed by atoms with Gasteiger partial charge in [-0.3, -0.25) is 19.3 Å². The van der Waals surface area contributed by atoms with E-state index in [1.807, 2.05) is 6.92 Å². The van der Waals surface area contributed by atoms with Crippen LogP contribution in [0.1, 0.15) is 31.9 Å². The highest BCUT2D eigenvalue weighted by Gasteiger charge is 2.37. The normalized spacial score (nSPS) is 14.7. The maximum Gasteiger partial charge on any atom is 0.326 e. The van der Waals surface area contributed by atoms with Crippen LogP contribution in [0.3, 0.4) is 0 Å². The van der Waals surface area contributed by atoms with E-state index in [4.69, 9.17) is 37.4 Å². The van der Waals surface area contributed by atoms with Gasteiger partial charge in [0.15, 0.2) is 11.5 Å². The Morgan fingerprint density at radius 3 is 2.57 bits per heavy atom. The summed E-state index contributed by atoms with van der Waals surface area (Å²) in [5, 5.41) is 0.475. The SMILES string of the molecule is CCOc1cc(/C=C2/SC(=O)N(CC(=O)OC(C)C)C2=O)cc(Br)c1OCc1ccc(Cl)cc1Cl. The van der Waals surface area contributed by atoms with Crippen LogP contribution in [0, 0.1) is 0 Å². The number of halogens is 3. The highest BCUT2D eigenvalue weighted by Crippen LogP contribution is 2.40. The fourth-order valence-corrected chi connectivity index (χ4v) is 4.96. The van der Waals surface area contributed by atoms with E-state index < -0.39 is 23.7 Å². The fourth-order valence-electron chi connectivity index (χ4n) is 3.08. The van der Waals surface area contributed by atoms with Crippen molar-refractivity contribution in [3.05, 3.63) is 60.9 Å². The van der Waals surface area contributed by atoms with E-state index in [1.165, 1.54) is 0 Å². The Balaban J connectivity index is 1.82. The summed E-state index contributed by atoms with van der Waals surface area (Å²) in [5.74, 6) is -0.308. The van der Waals surface area contributed by atoms with Crippen molar-refractivity contribution in [3.63, 3.8) is 0 Å². The van der Waals surface area contributed by atoms with Crippen LogP contribution in [0.2, 0.25) is 10.0 Å². The van der Waals surface area contributed by atoms with Gasteiger partial charge in [-0.05, 0) is 84.4 Å². The number of benzene rings is 2. The van der Waals surface area contributed by atoms with Gasteiger partial charge >= 0.3 is 5.97 Å². The molecule has 2 aromatic carbocycles. The molecule has 3 rings (SSSR count). The molecule has 7 nitrogen and oxygen atoms in total. The molecule has 1 saturated heterocycles. The molecule has 0 N–H and O–H groups in total. The van der Waals surface area contributed by atoms with Gasteiger partial charge in [0, 0.05) is 15.6 Å². The standard InChI is InChI=1S/C24H22BrCl2NO6S/c1-4-32-19-8-14(7-17(25)22(19)33-12-15-5-6-16(26)10-18(15)27)9-20-23(30)28(24(31)35-20)11-21(29)34-13(2)3/h5-10,13H,4,11-12H2,1-3H3/b20-9+. The molecule has 1 fully saturated rings. The zero-order valence-electron chi connectivity index (χ0n) is 19.1. The Bertz CT molecular complexity index is 1190. The zero-order valence-corrected chi connectivity index (χ0v) is 23.0. The van der Waals surface area contributed by atoms with Crippen LogP contribution in [-0.4, -0.2) is 41.3 Å². The van der Waals surface area contributed by atoms with Crippen LogP contribution in [0.5, 0.6) is 11.5 Å². The molecule has 0 spiro atoms. The number of ether oxygens (including phenoxy) is 3. The van der Waals surface area contributed by atoms with E-state index in [-0.39, 0.29) is 17.6 Å². The van der Waals surface area contributed by atoms with Gasteiger partial charge in [0.2, 0.25) is 0 Å². The summed E-state index contributed by atoms with van der Waals surface area (Å²) in [6.45, 7) is 5.34. The highest BCUT2D eigenvalue weighted by molar-refractivity contribution is 9.10. The molecule has 2 aromatic rings. The summed E-state index contributed by atoms with van der Waals surface area (Å²) >= 11 is 16.4. The summed E-state index contributed by atoms with van der Waals surface area (Å²) in [7, 11) is 0. The van der Waals surface area contributed by atoms with Gasteiger partial charge in [0.1, 0.15) is 13.2 Å². The number of carbonyl (C=O) groups excluding carboxylic acids is 3. The first-order valence-electron chi connectivity index (χ1n) is 10.6. The molecule has 0 radical (unpaired) electrons. The van der Waals surface area contributed by atoms with Crippen molar-refractivity contribution >= 4 is 74.1 Å². The van der Waals surface area contributed by atoms with Crippen molar-refractivity contribution in [2.45, 2.75) is 33.5 Å². The van der Waals surface area contributed by atoms with Gasteiger partial charge in [-0.25, -0.2) is 0 Å². The molecule has 35 heavy (non-hydrogen) atoms. The van der Waals surface area contributed by atoms with Crippen LogP contribution in [0.4, 0.5) is 4.79 Å². The summed E-state index contributed by atoms with van der Waals surface area (Å²) in [4.78, 5) is 38.0. The van der Waals surface area contributed by atoms with E-state index >= 15 is 0 Å². The van der Waals surface area contributed by atoms with Crippen LogP contribution < -0.4 is 9.47 Å². The molecular weight excluding hydrogens is 581 g/mol. The van der Waals surface area contributed by atoms with Crippen molar-refractivity contribution in [3.8, 4) is 11.5 Å². The predicted molar refractivity (Wildman–Crippen MR) is 140 cm³/mol. The average Bonchev–Trinajstić information content (AvgIpc) is 3.01. The van der Waals surface area contributed by atoms with E-state index in [0.29, 0.717) is 38.2 Å². The maximum atomic E-state index is 12.7. The Hall–Kier alpha value is -2.20. The number of nitrogens with zero attached hydrogens (tertiary/aromatic N) is 1. The van der Waals surface area contributed by atoms with Crippen molar-refractivity contribution in [2.75, 3.05) is 13.2 Å². The molecular formula is C24H22BrCl2NO6S. The monoisotopic (exact) mass is 601 g/mol. The molecule has 1 aliphatic rings. The van der Waals surface area contributed by atoms with Crippen LogP contribution >= 0.6 is 50.9 Å². The predicted octanol–water partition coefficient (Wildman–Crippen LogP) is 6.72. The topological polar surface area (TPSA) is 82.1 Å². The van der Waals surface area contributed by atoms with Gasteiger partial charge in [-0.2, -0.15) is 0 Å². The first-order valence-corrected chi connectivity index (χ1v) is 12.9. The van der Waals surface area contributed by atoms with E-state index in [1.54, 1.807) is 50.3 Å². The Kier molecular flexibility index (Phi) is 9.52. The minimum Gasteiger partial charge on any atom is -0.490 e. The van der Waals surface area contributed by atoms with Crippen LogP contribution in [0.15, 0.2) is 39.7 Å². The number of esters is 1. The lowest BCUT2D eigenvalue weighted by Crippen LogP contribution is -2.35. The molecule has 0 atom stereocenters. The molecule has 0 saturated carbocycles. The largest absolute Gasteiger partial charge is 0.490 e. The van der Waals surface area contributed by atoms with E-state index in [9.17, 15) is 14.4 Å². The minimum absolute atomic E-state index is 0.180. The van der Waals surface area contributed by atoms with Gasteiger partial charge < -0.3 is 14.2 Å². The third-order valence-corrected chi connectivity index (χ3v) is 6.63. The maximum absolute atomic E-state index is 12.7. The Labute approximate surface area is 225 Å². The van der Waals surface area contributed by atoms with E-state index in [2.05, 4.69) is 15.9 Å². The van der Waals surface area contributed by atoms with Crippen LogP contribution in [0.25, 0.3) is 6.08 Å². The molecule has 1 aliphatic heterocycles. The molecule has 0 bridgehead atoms. The molecule has 0 unspecified atom stereocenters. The van der Waals surface area contributed by atoms with Gasteiger partial charge in [-0.1, -0.05) is 29.3 Å². The lowest BCUT2D eigenvalue weighted by molar-refractivity contribution is -0.149. The lowest BCUT2D eigenvalue weighted by atomic mass is 10.1. The van der Waals surface area contributed by atoms with Gasteiger partial charge in [0.05, 0.1) is 22.1 Å². The third kappa shape index (κ3) is 7.16. The first kappa shape index (κ1) is 27.4. The van der Waals surface area contributed by atoms with Gasteiger partial charge in [-0.15, -0.1) is 0 Å². The average molecular weight is 603 g/mol. The first-order chi connectivity index (χ1) is 16.6. The smallest absolute Gasteiger partial charge is 0.326 e. The molecule has 186 valence electrons. The molecule has 0 aliphatic carbocycles. The summed E-state index contributed by atoms with van der Waals surface area (Å²) in [6, 6.07) is 8.58. The summed E-state index contributed by atoms with van der Waals surface area (Å²) in [5.41, 5.74) is 1.35.